The van der Waals surface area contributed by atoms with E-state index in [-0.39, 0.29) is 17.4 Å². The molecule has 1 aliphatic heterocycles. The number of nitrogens with zero attached hydrogens (tertiary/aromatic N) is 3. The average Bonchev–Trinajstić information content (AvgIpc) is 2.63. The number of aromatic nitrogens is 2. The zero-order valence-corrected chi connectivity index (χ0v) is 15.3. The van der Waals surface area contributed by atoms with Crippen LogP contribution in [0.4, 0.5) is 11.6 Å². The lowest BCUT2D eigenvalue weighted by Gasteiger charge is -2.33. The van der Waals surface area contributed by atoms with E-state index < -0.39 is 5.91 Å². The Kier molecular flexibility index (Phi) is 5.58. The van der Waals surface area contributed by atoms with Gasteiger partial charge in [-0.25, -0.2) is 9.97 Å². The zero-order chi connectivity index (χ0) is 18.7. The lowest BCUT2D eigenvalue weighted by Crippen LogP contribution is -2.41. The van der Waals surface area contributed by atoms with Crippen molar-refractivity contribution in [3.8, 4) is 0 Å². The van der Waals surface area contributed by atoms with Crippen LogP contribution >= 0.6 is 23.2 Å². The summed E-state index contributed by atoms with van der Waals surface area (Å²) in [6.45, 7) is 1.20. The smallest absolute Gasteiger partial charge is 0.250 e. The highest BCUT2D eigenvalue weighted by Gasteiger charge is 2.28. The van der Waals surface area contributed by atoms with Crippen LogP contribution in [-0.2, 0) is 4.79 Å². The fourth-order valence-corrected chi connectivity index (χ4v) is 3.26. The normalized spacial score (nSPS) is 17.0. The predicted molar refractivity (Wildman–Crippen MR) is 101 cm³/mol. The Morgan fingerprint density at radius 1 is 1.23 bits per heavy atom. The minimum atomic E-state index is -0.586. The summed E-state index contributed by atoms with van der Waals surface area (Å²) in [5.74, 6) is 0.0684. The van der Waals surface area contributed by atoms with E-state index in [1.165, 1.54) is 18.5 Å². The fourth-order valence-electron chi connectivity index (χ4n) is 2.86. The van der Waals surface area contributed by atoms with Crippen LogP contribution in [0.5, 0.6) is 0 Å². The first-order chi connectivity index (χ1) is 12.4. The highest BCUT2D eigenvalue weighted by molar-refractivity contribution is 6.33. The number of carbonyl (C=O) groups is 2. The summed E-state index contributed by atoms with van der Waals surface area (Å²) in [5.41, 5.74) is 5.49. The highest BCUT2D eigenvalue weighted by atomic mass is 35.5. The van der Waals surface area contributed by atoms with Gasteiger partial charge in [-0.1, -0.05) is 23.2 Å². The van der Waals surface area contributed by atoms with Gasteiger partial charge < -0.3 is 16.0 Å². The number of carbonyl (C=O) groups excluding carboxylic acids is 2. The number of primary amides is 1. The van der Waals surface area contributed by atoms with Gasteiger partial charge in [0.15, 0.2) is 0 Å². The van der Waals surface area contributed by atoms with Crippen LogP contribution in [-0.4, -0.2) is 34.9 Å². The second kappa shape index (κ2) is 7.88. The van der Waals surface area contributed by atoms with Gasteiger partial charge >= 0.3 is 0 Å². The molecule has 26 heavy (non-hydrogen) atoms. The Balaban J connectivity index is 1.69. The molecule has 0 spiro atoms. The van der Waals surface area contributed by atoms with Gasteiger partial charge in [-0.15, -0.1) is 0 Å². The van der Waals surface area contributed by atoms with Gasteiger partial charge in [-0.2, -0.15) is 0 Å². The number of halogens is 2. The van der Waals surface area contributed by atoms with Crippen LogP contribution in [0.1, 0.15) is 23.2 Å². The lowest BCUT2D eigenvalue weighted by atomic mass is 9.97. The molecule has 1 aliphatic rings. The van der Waals surface area contributed by atoms with Crippen LogP contribution in [0, 0.1) is 5.92 Å². The fraction of sp³-hybridized carbons (Fsp3) is 0.294. The Morgan fingerprint density at radius 3 is 2.69 bits per heavy atom. The number of nitrogens with one attached hydrogen (secondary N) is 1. The molecule has 2 aromatic heterocycles. The van der Waals surface area contributed by atoms with Crippen LogP contribution in [0.25, 0.3) is 0 Å². The summed E-state index contributed by atoms with van der Waals surface area (Å²) >= 11 is 12.0. The van der Waals surface area contributed by atoms with Crippen molar-refractivity contribution in [1.82, 2.24) is 9.97 Å². The van der Waals surface area contributed by atoms with Gasteiger partial charge in [-0.05, 0) is 31.0 Å². The lowest BCUT2D eigenvalue weighted by molar-refractivity contribution is -0.120. The molecule has 0 aromatic carbocycles. The van der Waals surface area contributed by atoms with Crippen molar-refractivity contribution in [2.45, 2.75) is 12.8 Å². The summed E-state index contributed by atoms with van der Waals surface area (Å²) in [7, 11) is 0. The van der Waals surface area contributed by atoms with E-state index in [1.807, 2.05) is 4.90 Å². The molecule has 0 aliphatic carbocycles. The summed E-state index contributed by atoms with van der Waals surface area (Å²) in [6.07, 6.45) is 4.45. The van der Waals surface area contributed by atoms with Crippen molar-refractivity contribution in [3.63, 3.8) is 0 Å². The monoisotopic (exact) mass is 393 g/mol. The third-order valence-electron chi connectivity index (χ3n) is 4.18. The largest absolute Gasteiger partial charge is 0.366 e. The highest BCUT2D eigenvalue weighted by Crippen LogP contribution is 2.29. The average molecular weight is 394 g/mol. The number of hydrogen-bond donors (Lipinski definition) is 2. The summed E-state index contributed by atoms with van der Waals surface area (Å²) in [5, 5.41) is 3.64. The van der Waals surface area contributed by atoms with Gasteiger partial charge in [0.2, 0.25) is 11.8 Å². The number of rotatable bonds is 4. The van der Waals surface area contributed by atoms with Crippen molar-refractivity contribution in [3.05, 3.63) is 46.2 Å². The quantitative estimate of drug-likeness (QED) is 0.831. The molecule has 1 saturated heterocycles. The Labute approximate surface area is 160 Å². The number of nitrogens with two attached hydrogens (primary N) is 1. The number of piperidine rings is 1. The molecule has 2 aromatic rings. The maximum atomic E-state index is 12.5. The molecule has 1 unspecified atom stereocenters. The standard InChI is InChI=1S/C17H17Cl2N5O2/c18-12-3-4-14(21-8-12)23-17(26)10-2-1-5-24(9-10)16-13(19)6-11(7-22-16)15(20)25/h3-4,6-8,10H,1-2,5,9H2,(H2,20,25)(H,21,23,26). The van der Waals surface area contributed by atoms with E-state index in [0.717, 1.165) is 19.4 Å². The molecule has 136 valence electrons. The first-order valence-electron chi connectivity index (χ1n) is 8.07. The van der Waals surface area contributed by atoms with E-state index in [9.17, 15) is 9.59 Å². The molecule has 1 atom stereocenters. The Bertz CT molecular complexity index is 828. The Morgan fingerprint density at radius 2 is 2.04 bits per heavy atom. The van der Waals surface area contributed by atoms with Crippen molar-refractivity contribution < 1.29 is 9.59 Å². The molecular formula is C17H17Cl2N5O2. The molecule has 9 heteroatoms. The van der Waals surface area contributed by atoms with Crippen molar-refractivity contribution in [2.75, 3.05) is 23.3 Å². The number of anilines is 2. The maximum absolute atomic E-state index is 12.5. The second-order valence-corrected chi connectivity index (χ2v) is 6.87. The topological polar surface area (TPSA) is 101 Å². The summed E-state index contributed by atoms with van der Waals surface area (Å²) in [4.78, 5) is 34.0. The minimum Gasteiger partial charge on any atom is -0.366 e. The molecule has 3 rings (SSSR count). The van der Waals surface area contributed by atoms with Crippen molar-refractivity contribution >= 4 is 46.7 Å². The minimum absolute atomic E-state index is 0.116. The van der Waals surface area contributed by atoms with Crippen molar-refractivity contribution in [1.29, 1.82) is 0 Å². The number of hydrogen-bond acceptors (Lipinski definition) is 5. The van der Waals surface area contributed by atoms with Crippen LogP contribution in [0.15, 0.2) is 30.6 Å². The first kappa shape index (κ1) is 18.4. The number of pyridine rings is 2. The zero-order valence-electron chi connectivity index (χ0n) is 13.8. The van der Waals surface area contributed by atoms with Gasteiger partial charge in [0, 0.05) is 25.5 Å². The van der Waals surface area contributed by atoms with E-state index in [0.29, 0.717) is 28.2 Å². The summed E-state index contributed by atoms with van der Waals surface area (Å²) < 4.78 is 0. The predicted octanol–water partition coefficient (Wildman–Crippen LogP) is 2.74. The molecule has 0 bridgehead atoms. The van der Waals surface area contributed by atoms with E-state index >= 15 is 0 Å². The molecular weight excluding hydrogens is 377 g/mol. The van der Waals surface area contributed by atoms with E-state index in [2.05, 4.69) is 15.3 Å². The van der Waals surface area contributed by atoms with Crippen LogP contribution in [0.3, 0.4) is 0 Å². The van der Waals surface area contributed by atoms with Gasteiger partial charge in [-0.3, -0.25) is 9.59 Å². The van der Waals surface area contributed by atoms with Crippen LogP contribution in [0.2, 0.25) is 10.0 Å². The number of amides is 2. The first-order valence-corrected chi connectivity index (χ1v) is 8.82. The SMILES string of the molecule is NC(=O)c1cnc(N2CCCC(C(=O)Nc3ccc(Cl)cn3)C2)c(Cl)c1. The van der Waals surface area contributed by atoms with E-state index in [4.69, 9.17) is 28.9 Å². The van der Waals surface area contributed by atoms with E-state index in [1.54, 1.807) is 12.1 Å². The molecule has 7 nitrogen and oxygen atoms in total. The van der Waals surface area contributed by atoms with Crippen LogP contribution < -0.4 is 16.0 Å². The third-order valence-corrected chi connectivity index (χ3v) is 4.68. The molecule has 0 radical (unpaired) electrons. The van der Waals surface area contributed by atoms with Gasteiger partial charge in [0.1, 0.15) is 11.6 Å². The molecule has 3 N–H and O–H groups in total. The van der Waals surface area contributed by atoms with Crippen molar-refractivity contribution in [2.24, 2.45) is 11.7 Å². The maximum Gasteiger partial charge on any atom is 0.250 e. The molecule has 0 saturated carbocycles. The molecule has 2 amide bonds. The summed E-state index contributed by atoms with van der Waals surface area (Å²) in [6, 6.07) is 4.82. The Hall–Kier alpha value is -2.38. The third kappa shape index (κ3) is 4.23. The molecule has 1 fully saturated rings. The second-order valence-electron chi connectivity index (χ2n) is 6.03. The van der Waals surface area contributed by atoms with Gasteiger partial charge in [0.25, 0.3) is 0 Å². The molecule has 3 heterocycles. The van der Waals surface area contributed by atoms with Gasteiger partial charge in [0.05, 0.1) is 21.5 Å².